The molecule has 1 aromatic carbocycles. The van der Waals surface area contributed by atoms with Crippen LogP contribution in [0.4, 0.5) is 0 Å². The van der Waals surface area contributed by atoms with Gasteiger partial charge in [0.25, 0.3) is 5.91 Å². The summed E-state index contributed by atoms with van der Waals surface area (Å²) >= 11 is 12.2. The summed E-state index contributed by atoms with van der Waals surface area (Å²) < 4.78 is 1.48. The molecule has 0 spiro atoms. The normalized spacial score (nSPS) is 13.1. The number of aromatic nitrogens is 2. The van der Waals surface area contributed by atoms with Crippen LogP contribution >= 0.6 is 23.2 Å². The second-order valence-electron chi connectivity index (χ2n) is 5.03. The van der Waals surface area contributed by atoms with Crippen LogP contribution in [0.5, 0.6) is 0 Å². The number of rotatable bonds is 1. The van der Waals surface area contributed by atoms with Crippen LogP contribution in [0.2, 0.25) is 10.0 Å². The Kier molecular flexibility index (Phi) is 5.65. The van der Waals surface area contributed by atoms with Gasteiger partial charge in [0.1, 0.15) is 0 Å². The third-order valence-electron chi connectivity index (χ3n) is 3.75. The van der Waals surface area contributed by atoms with Gasteiger partial charge in [-0.05, 0) is 50.3 Å². The molecule has 22 heavy (non-hydrogen) atoms. The summed E-state index contributed by atoms with van der Waals surface area (Å²) in [6, 6.07) is 5.07. The Labute approximate surface area is 141 Å². The lowest BCUT2D eigenvalue weighted by Crippen LogP contribution is -2.19. The summed E-state index contributed by atoms with van der Waals surface area (Å²) in [5, 5.41) is 5.12. The molecule has 0 saturated carbocycles. The Balaban J connectivity index is 0.000000847. The van der Waals surface area contributed by atoms with Crippen molar-refractivity contribution >= 4 is 29.1 Å². The van der Waals surface area contributed by atoms with Crippen LogP contribution in [0.3, 0.4) is 0 Å². The summed E-state index contributed by atoms with van der Waals surface area (Å²) in [6.45, 7) is 5.95. The van der Waals surface area contributed by atoms with Gasteiger partial charge in [0.05, 0.1) is 27.0 Å². The SMILES string of the molecule is CC.Cc1nn(C(=O)c2c(Cl)cccc2Cl)c2c1CCCC2. The average molecular weight is 339 g/mol. The predicted octanol–water partition coefficient (Wildman–Crippen LogP) is 5.09. The van der Waals surface area contributed by atoms with Crippen molar-refractivity contribution in [3.63, 3.8) is 0 Å². The molecule has 0 unspecified atom stereocenters. The molecule has 0 fully saturated rings. The zero-order valence-corrected chi connectivity index (χ0v) is 14.6. The fourth-order valence-electron chi connectivity index (χ4n) is 2.76. The summed E-state index contributed by atoms with van der Waals surface area (Å²) in [4.78, 5) is 12.7. The average Bonchev–Trinajstić information content (AvgIpc) is 2.87. The molecule has 1 aliphatic rings. The van der Waals surface area contributed by atoms with E-state index < -0.39 is 0 Å². The molecule has 0 radical (unpaired) electrons. The minimum absolute atomic E-state index is 0.244. The first-order valence-electron chi connectivity index (χ1n) is 7.65. The number of carbonyl (C=O) groups excluding carboxylic acids is 1. The summed E-state index contributed by atoms with van der Waals surface area (Å²) in [5.74, 6) is -0.244. The second kappa shape index (κ2) is 7.30. The van der Waals surface area contributed by atoms with Crippen molar-refractivity contribution in [1.82, 2.24) is 9.78 Å². The number of fused-ring (bicyclic) bond motifs is 1. The van der Waals surface area contributed by atoms with Crippen LogP contribution in [0.15, 0.2) is 18.2 Å². The zero-order chi connectivity index (χ0) is 16.3. The van der Waals surface area contributed by atoms with Gasteiger partial charge in [-0.3, -0.25) is 4.79 Å². The Morgan fingerprint density at radius 1 is 1.14 bits per heavy atom. The molecule has 1 heterocycles. The molecular formula is C17H20Cl2N2O. The molecule has 0 bridgehead atoms. The molecule has 0 N–H and O–H groups in total. The Morgan fingerprint density at radius 3 is 2.36 bits per heavy atom. The van der Waals surface area contributed by atoms with Crippen molar-refractivity contribution in [1.29, 1.82) is 0 Å². The summed E-state index contributed by atoms with van der Waals surface area (Å²) in [7, 11) is 0. The quantitative estimate of drug-likeness (QED) is 0.725. The molecule has 118 valence electrons. The van der Waals surface area contributed by atoms with Gasteiger partial charge in [-0.2, -0.15) is 5.10 Å². The van der Waals surface area contributed by atoms with Crippen LogP contribution in [-0.2, 0) is 12.8 Å². The largest absolute Gasteiger partial charge is 0.281 e. The highest BCUT2D eigenvalue weighted by Gasteiger charge is 2.25. The third kappa shape index (κ3) is 3.06. The first-order valence-corrected chi connectivity index (χ1v) is 8.41. The molecule has 0 atom stereocenters. The molecule has 0 saturated heterocycles. The highest BCUT2D eigenvalue weighted by atomic mass is 35.5. The van der Waals surface area contributed by atoms with E-state index in [1.54, 1.807) is 18.2 Å². The van der Waals surface area contributed by atoms with E-state index in [1.165, 1.54) is 10.2 Å². The number of aryl methyl sites for hydroxylation is 1. The fraction of sp³-hybridized carbons (Fsp3) is 0.412. The van der Waals surface area contributed by atoms with Gasteiger partial charge in [0, 0.05) is 0 Å². The van der Waals surface area contributed by atoms with Crippen molar-refractivity contribution in [2.75, 3.05) is 0 Å². The van der Waals surface area contributed by atoms with E-state index in [1.807, 2.05) is 20.8 Å². The first kappa shape index (κ1) is 17.0. The number of benzene rings is 1. The smallest absolute Gasteiger partial charge is 0.267 e. The molecule has 5 heteroatoms. The van der Waals surface area contributed by atoms with Gasteiger partial charge in [-0.1, -0.05) is 43.1 Å². The molecule has 1 aromatic heterocycles. The second-order valence-corrected chi connectivity index (χ2v) is 5.85. The summed E-state index contributed by atoms with van der Waals surface area (Å²) in [6.07, 6.45) is 4.11. The van der Waals surface area contributed by atoms with E-state index in [0.717, 1.165) is 37.1 Å². The van der Waals surface area contributed by atoms with Gasteiger partial charge < -0.3 is 0 Å². The molecule has 3 rings (SSSR count). The van der Waals surface area contributed by atoms with E-state index in [0.29, 0.717) is 15.6 Å². The van der Waals surface area contributed by atoms with Gasteiger partial charge in [-0.25, -0.2) is 4.68 Å². The highest BCUT2D eigenvalue weighted by Crippen LogP contribution is 2.28. The maximum atomic E-state index is 12.7. The maximum Gasteiger partial charge on any atom is 0.281 e. The highest BCUT2D eigenvalue weighted by molar-refractivity contribution is 6.39. The van der Waals surface area contributed by atoms with Gasteiger partial charge in [0.15, 0.2) is 0 Å². The van der Waals surface area contributed by atoms with Crippen LogP contribution in [0.1, 0.15) is 54.0 Å². The van der Waals surface area contributed by atoms with E-state index in [-0.39, 0.29) is 5.91 Å². The minimum atomic E-state index is -0.244. The van der Waals surface area contributed by atoms with Gasteiger partial charge >= 0.3 is 0 Å². The van der Waals surface area contributed by atoms with E-state index in [4.69, 9.17) is 23.2 Å². The maximum absolute atomic E-state index is 12.7. The van der Waals surface area contributed by atoms with Crippen molar-refractivity contribution < 1.29 is 4.79 Å². The molecular weight excluding hydrogens is 319 g/mol. The fourth-order valence-corrected chi connectivity index (χ4v) is 3.32. The molecule has 2 aromatic rings. The van der Waals surface area contributed by atoms with E-state index in [2.05, 4.69) is 5.10 Å². The number of hydrogen-bond acceptors (Lipinski definition) is 2. The predicted molar refractivity (Wildman–Crippen MR) is 91.1 cm³/mol. The standard InChI is InChI=1S/C15H14Cl2N2O.C2H6/c1-9-10-5-2-3-8-13(10)19(18-9)15(20)14-11(16)6-4-7-12(14)17;1-2/h4,6-7H,2-3,5,8H2,1H3;1-2H3. The van der Waals surface area contributed by atoms with Crippen molar-refractivity contribution in [3.8, 4) is 0 Å². The van der Waals surface area contributed by atoms with Crippen molar-refractivity contribution in [2.45, 2.75) is 46.5 Å². The Morgan fingerprint density at radius 2 is 1.73 bits per heavy atom. The summed E-state index contributed by atoms with van der Waals surface area (Å²) in [5.41, 5.74) is 3.46. The van der Waals surface area contributed by atoms with E-state index >= 15 is 0 Å². The van der Waals surface area contributed by atoms with Crippen LogP contribution < -0.4 is 0 Å². The van der Waals surface area contributed by atoms with Gasteiger partial charge in [-0.15, -0.1) is 0 Å². The van der Waals surface area contributed by atoms with Crippen LogP contribution in [0.25, 0.3) is 0 Å². The zero-order valence-electron chi connectivity index (χ0n) is 13.1. The van der Waals surface area contributed by atoms with Crippen LogP contribution in [0, 0.1) is 6.92 Å². The monoisotopic (exact) mass is 338 g/mol. The van der Waals surface area contributed by atoms with Crippen molar-refractivity contribution in [2.24, 2.45) is 0 Å². The topological polar surface area (TPSA) is 34.9 Å². The van der Waals surface area contributed by atoms with Gasteiger partial charge in [0.2, 0.25) is 0 Å². The Bertz CT molecular complexity index is 672. The van der Waals surface area contributed by atoms with E-state index in [9.17, 15) is 4.79 Å². The number of halogens is 2. The number of carbonyl (C=O) groups is 1. The molecule has 0 aliphatic heterocycles. The van der Waals surface area contributed by atoms with Crippen molar-refractivity contribution in [3.05, 3.63) is 50.8 Å². The number of hydrogen-bond donors (Lipinski definition) is 0. The Hall–Kier alpha value is -1.32. The number of nitrogens with zero attached hydrogens (tertiary/aromatic N) is 2. The lowest BCUT2D eigenvalue weighted by atomic mass is 9.96. The molecule has 1 aliphatic carbocycles. The molecule has 0 amide bonds. The lowest BCUT2D eigenvalue weighted by Gasteiger charge is -2.14. The first-order chi connectivity index (χ1) is 10.6. The minimum Gasteiger partial charge on any atom is -0.267 e. The third-order valence-corrected chi connectivity index (χ3v) is 4.38. The lowest BCUT2D eigenvalue weighted by molar-refractivity contribution is 0.0941. The van der Waals surface area contributed by atoms with Crippen LogP contribution in [-0.4, -0.2) is 15.7 Å². The molecule has 3 nitrogen and oxygen atoms in total.